The van der Waals surface area contributed by atoms with Crippen LogP contribution in [0, 0.1) is 0 Å². The third kappa shape index (κ3) is 4.76. The van der Waals surface area contributed by atoms with Gasteiger partial charge in [0.25, 0.3) is 0 Å². The normalized spacial score (nSPS) is 10.4. The Kier molecular flexibility index (Phi) is 5.45. The van der Waals surface area contributed by atoms with E-state index in [2.05, 4.69) is 60.5 Å². The molecule has 0 aliphatic heterocycles. The lowest BCUT2D eigenvalue weighted by Crippen LogP contribution is -2.22. The van der Waals surface area contributed by atoms with Gasteiger partial charge in [0.05, 0.1) is 13.2 Å². The number of nitrogens with zero attached hydrogens (tertiary/aromatic N) is 1. The molecule has 2 nitrogen and oxygen atoms in total. The molecule has 0 N–H and O–H groups in total. The Morgan fingerprint density at radius 3 is 2.16 bits per heavy atom. The molecular weight excluding hydrogens is 234 g/mol. The molecule has 0 atom stereocenters. The zero-order valence-corrected chi connectivity index (χ0v) is 11.5. The largest absolute Gasteiger partial charge is 0.379 e. The monoisotopic (exact) mass is 255 g/mol. The zero-order valence-electron chi connectivity index (χ0n) is 11.5. The van der Waals surface area contributed by atoms with E-state index < -0.39 is 0 Å². The van der Waals surface area contributed by atoms with Crippen LogP contribution < -0.4 is 4.90 Å². The van der Waals surface area contributed by atoms with Gasteiger partial charge in [-0.1, -0.05) is 48.5 Å². The second-order valence-corrected chi connectivity index (χ2v) is 4.61. The summed E-state index contributed by atoms with van der Waals surface area (Å²) in [4.78, 5) is 2.21. The second-order valence-electron chi connectivity index (χ2n) is 4.61. The summed E-state index contributed by atoms with van der Waals surface area (Å²) in [6, 6.07) is 20.8. The molecule has 0 amide bonds. The molecular formula is C17H21NO. The van der Waals surface area contributed by atoms with Crippen molar-refractivity contribution in [2.75, 3.05) is 31.7 Å². The number of para-hydroxylation sites is 1. The van der Waals surface area contributed by atoms with E-state index in [1.54, 1.807) is 0 Å². The van der Waals surface area contributed by atoms with Crippen LogP contribution in [0.2, 0.25) is 0 Å². The van der Waals surface area contributed by atoms with Gasteiger partial charge < -0.3 is 9.64 Å². The molecule has 19 heavy (non-hydrogen) atoms. The smallest absolute Gasteiger partial charge is 0.0641 e. The van der Waals surface area contributed by atoms with Gasteiger partial charge in [-0.3, -0.25) is 0 Å². The Hall–Kier alpha value is -1.80. The van der Waals surface area contributed by atoms with Gasteiger partial charge >= 0.3 is 0 Å². The Morgan fingerprint density at radius 2 is 1.47 bits per heavy atom. The highest BCUT2D eigenvalue weighted by molar-refractivity contribution is 5.44. The Labute approximate surface area is 115 Å². The third-order valence-electron chi connectivity index (χ3n) is 3.15. The van der Waals surface area contributed by atoms with Crippen LogP contribution in [0.1, 0.15) is 5.56 Å². The predicted octanol–water partition coefficient (Wildman–Crippen LogP) is 3.38. The fourth-order valence-corrected chi connectivity index (χ4v) is 1.95. The molecule has 0 aliphatic rings. The van der Waals surface area contributed by atoms with Gasteiger partial charge in [-0.15, -0.1) is 0 Å². The Balaban J connectivity index is 1.62. The van der Waals surface area contributed by atoms with Crippen LogP contribution in [-0.4, -0.2) is 26.8 Å². The summed E-state index contributed by atoms with van der Waals surface area (Å²) in [7, 11) is 2.09. The molecule has 2 rings (SSSR count). The molecule has 0 spiro atoms. The Morgan fingerprint density at radius 1 is 0.842 bits per heavy atom. The van der Waals surface area contributed by atoms with Crippen LogP contribution in [0.15, 0.2) is 60.7 Å². The van der Waals surface area contributed by atoms with Gasteiger partial charge in [0.15, 0.2) is 0 Å². The number of rotatable bonds is 7. The number of anilines is 1. The van der Waals surface area contributed by atoms with E-state index in [1.807, 2.05) is 12.1 Å². The number of ether oxygens (including phenoxy) is 1. The molecule has 0 heterocycles. The van der Waals surface area contributed by atoms with E-state index in [-0.39, 0.29) is 0 Å². The first-order valence-electron chi connectivity index (χ1n) is 6.74. The molecule has 2 aromatic carbocycles. The van der Waals surface area contributed by atoms with Crippen molar-refractivity contribution >= 4 is 5.69 Å². The highest BCUT2D eigenvalue weighted by Gasteiger charge is 1.99. The molecule has 0 radical (unpaired) electrons. The van der Waals surface area contributed by atoms with Crippen molar-refractivity contribution in [3.8, 4) is 0 Å². The van der Waals surface area contributed by atoms with Gasteiger partial charge in [0.1, 0.15) is 0 Å². The lowest BCUT2D eigenvalue weighted by molar-refractivity contribution is 0.144. The lowest BCUT2D eigenvalue weighted by atomic mass is 10.2. The second kappa shape index (κ2) is 7.59. The predicted molar refractivity (Wildman–Crippen MR) is 80.7 cm³/mol. The van der Waals surface area contributed by atoms with Crippen molar-refractivity contribution in [1.29, 1.82) is 0 Å². The first kappa shape index (κ1) is 13.6. The molecule has 0 aromatic heterocycles. The number of benzene rings is 2. The first-order valence-corrected chi connectivity index (χ1v) is 6.74. The fraction of sp³-hybridized carbons (Fsp3) is 0.294. The summed E-state index contributed by atoms with van der Waals surface area (Å²) in [6.45, 7) is 2.46. The van der Waals surface area contributed by atoms with Gasteiger partial charge in [-0.05, 0) is 24.1 Å². The molecule has 2 heteroatoms. The number of likely N-dealkylation sites (N-methyl/N-ethyl adjacent to an activating group) is 1. The van der Waals surface area contributed by atoms with Gasteiger partial charge in [-0.2, -0.15) is 0 Å². The van der Waals surface area contributed by atoms with E-state index in [0.717, 1.165) is 26.2 Å². The molecule has 2 aromatic rings. The van der Waals surface area contributed by atoms with E-state index >= 15 is 0 Å². The number of hydrogen-bond acceptors (Lipinski definition) is 2. The van der Waals surface area contributed by atoms with E-state index in [0.29, 0.717) is 0 Å². The summed E-state index contributed by atoms with van der Waals surface area (Å²) in [6.07, 6.45) is 0.982. The van der Waals surface area contributed by atoms with Crippen molar-refractivity contribution in [3.05, 3.63) is 66.2 Å². The quantitative estimate of drug-likeness (QED) is 0.703. The SMILES string of the molecule is CN(CCOCCc1ccccc1)c1ccccc1. The average Bonchev–Trinajstić information content (AvgIpc) is 2.49. The van der Waals surface area contributed by atoms with Crippen molar-refractivity contribution in [1.82, 2.24) is 0 Å². The maximum Gasteiger partial charge on any atom is 0.0641 e. The zero-order chi connectivity index (χ0) is 13.3. The summed E-state index contributed by atoms with van der Waals surface area (Å²) in [5.74, 6) is 0. The van der Waals surface area contributed by atoms with Crippen LogP contribution >= 0.6 is 0 Å². The van der Waals surface area contributed by atoms with Crippen molar-refractivity contribution in [3.63, 3.8) is 0 Å². The van der Waals surface area contributed by atoms with E-state index in [4.69, 9.17) is 4.74 Å². The maximum atomic E-state index is 5.69. The van der Waals surface area contributed by atoms with Gasteiger partial charge in [0, 0.05) is 19.3 Å². The summed E-state index contributed by atoms with van der Waals surface area (Å²) < 4.78 is 5.69. The summed E-state index contributed by atoms with van der Waals surface area (Å²) >= 11 is 0. The minimum absolute atomic E-state index is 0.762. The fourth-order valence-electron chi connectivity index (χ4n) is 1.95. The molecule has 0 unspecified atom stereocenters. The average molecular weight is 255 g/mol. The molecule has 0 saturated carbocycles. The van der Waals surface area contributed by atoms with Crippen molar-refractivity contribution in [2.45, 2.75) is 6.42 Å². The third-order valence-corrected chi connectivity index (χ3v) is 3.15. The van der Waals surface area contributed by atoms with E-state index in [1.165, 1.54) is 11.3 Å². The molecule has 0 aliphatic carbocycles. The molecule has 0 bridgehead atoms. The molecule has 0 saturated heterocycles. The van der Waals surface area contributed by atoms with Crippen LogP contribution in [0.3, 0.4) is 0 Å². The van der Waals surface area contributed by atoms with Gasteiger partial charge in [-0.25, -0.2) is 0 Å². The highest BCUT2D eigenvalue weighted by Crippen LogP contribution is 2.10. The minimum Gasteiger partial charge on any atom is -0.379 e. The lowest BCUT2D eigenvalue weighted by Gasteiger charge is -2.19. The number of hydrogen-bond donors (Lipinski definition) is 0. The minimum atomic E-state index is 0.762. The highest BCUT2D eigenvalue weighted by atomic mass is 16.5. The summed E-state index contributed by atoms with van der Waals surface area (Å²) in [5, 5.41) is 0. The summed E-state index contributed by atoms with van der Waals surface area (Å²) in [5.41, 5.74) is 2.56. The van der Waals surface area contributed by atoms with Crippen LogP contribution in [0.25, 0.3) is 0 Å². The van der Waals surface area contributed by atoms with Gasteiger partial charge in [0.2, 0.25) is 0 Å². The molecule has 0 fully saturated rings. The standard InChI is InChI=1S/C17H21NO/c1-18(17-10-6-3-7-11-17)13-15-19-14-12-16-8-4-2-5-9-16/h2-11H,12-15H2,1H3. The van der Waals surface area contributed by atoms with Crippen molar-refractivity contribution in [2.24, 2.45) is 0 Å². The van der Waals surface area contributed by atoms with Crippen LogP contribution in [0.4, 0.5) is 5.69 Å². The Bertz CT molecular complexity index is 455. The molecule has 100 valence electrons. The van der Waals surface area contributed by atoms with E-state index in [9.17, 15) is 0 Å². The van der Waals surface area contributed by atoms with Crippen LogP contribution in [-0.2, 0) is 11.2 Å². The van der Waals surface area contributed by atoms with Crippen LogP contribution in [0.5, 0.6) is 0 Å². The first-order chi connectivity index (χ1) is 9.36. The maximum absolute atomic E-state index is 5.69. The topological polar surface area (TPSA) is 12.5 Å². The van der Waals surface area contributed by atoms with Crippen molar-refractivity contribution < 1.29 is 4.74 Å².